The fourth-order valence-electron chi connectivity index (χ4n) is 1.34. The Hall–Kier alpha value is -1.06. The van der Waals surface area contributed by atoms with Crippen LogP contribution in [0.2, 0.25) is 0 Å². The first kappa shape index (κ1) is 14.0. The number of hydrogen-bond donors (Lipinski definition) is 1. The summed E-state index contributed by atoms with van der Waals surface area (Å²) in [5.74, 6) is 0.908. The molecule has 1 N–H and O–H groups in total. The van der Waals surface area contributed by atoms with Gasteiger partial charge in [0.15, 0.2) is 0 Å². The summed E-state index contributed by atoms with van der Waals surface area (Å²) in [7, 11) is 0. The molecule has 0 saturated heterocycles. The van der Waals surface area contributed by atoms with Crippen molar-refractivity contribution in [1.29, 1.82) is 0 Å². The van der Waals surface area contributed by atoms with Gasteiger partial charge in [0.1, 0.15) is 12.4 Å². The second-order valence-corrected chi connectivity index (χ2v) is 5.10. The van der Waals surface area contributed by atoms with Gasteiger partial charge in [0, 0.05) is 17.6 Å². The average molecular weight is 237 g/mol. The van der Waals surface area contributed by atoms with E-state index in [2.05, 4.69) is 32.7 Å². The molecule has 96 valence electrons. The van der Waals surface area contributed by atoms with E-state index >= 15 is 0 Å². The second-order valence-electron chi connectivity index (χ2n) is 5.10. The summed E-state index contributed by atoms with van der Waals surface area (Å²) in [6, 6.07) is 1.99. The maximum absolute atomic E-state index is 5.50. The van der Waals surface area contributed by atoms with E-state index in [0.29, 0.717) is 13.2 Å². The summed E-state index contributed by atoms with van der Waals surface area (Å²) >= 11 is 0. The number of hydrogen-bond acceptors (Lipinski definition) is 3. The highest BCUT2D eigenvalue weighted by atomic mass is 16.5. The first-order valence-corrected chi connectivity index (χ1v) is 6.02. The lowest BCUT2D eigenvalue weighted by Crippen LogP contribution is -2.35. The molecule has 0 unspecified atom stereocenters. The number of ether oxygens (including phenoxy) is 1. The van der Waals surface area contributed by atoms with Crippen LogP contribution in [0, 0.1) is 0 Å². The van der Waals surface area contributed by atoms with Crippen LogP contribution in [0.4, 0.5) is 0 Å². The van der Waals surface area contributed by atoms with Gasteiger partial charge in [-0.2, -0.15) is 0 Å². The minimum Gasteiger partial charge on any atom is -0.467 e. The predicted molar refractivity (Wildman–Crippen MR) is 69.8 cm³/mol. The van der Waals surface area contributed by atoms with E-state index in [9.17, 15) is 0 Å². The van der Waals surface area contributed by atoms with Crippen molar-refractivity contribution in [2.24, 2.45) is 0 Å². The summed E-state index contributed by atoms with van der Waals surface area (Å²) in [6.07, 6.45) is 4.44. The lowest BCUT2D eigenvalue weighted by Gasteiger charge is -2.20. The quantitative estimate of drug-likeness (QED) is 0.584. The second kappa shape index (κ2) is 6.62. The summed E-state index contributed by atoms with van der Waals surface area (Å²) in [4.78, 5) is 0. The van der Waals surface area contributed by atoms with Crippen molar-refractivity contribution < 1.29 is 9.15 Å². The van der Waals surface area contributed by atoms with E-state index in [1.54, 1.807) is 6.26 Å². The SMILES string of the molecule is C=CCCOCc1occc1CNC(C)(C)C. The van der Waals surface area contributed by atoms with Gasteiger partial charge >= 0.3 is 0 Å². The highest BCUT2D eigenvalue weighted by Crippen LogP contribution is 2.13. The van der Waals surface area contributed by atoms with Crippen molar-refractivity contribution in [2.45, 2.75) is 45.9 Å². The maximum atomic E-state index is 5.50. The Morgan fingerprint density at radius 1 is 1.47 bits per heavy atom. The lowest BCUT2D eigenvalue weighted by molar-refractivity contribution is 0.109. The Labute approximate surface area is 104 Å². The topological polar surface area (TPSA) is 34.4 Å². The molecule has 0 fully saturated rings. The summed E-state index contributed by atoms with van der Waals surface area (Å²) in [6.45, 7) is 12.1. The third-order valence-corrected chi connectivity index (χ3v) is 2.35. The molecule has 0 atom stereocenters. The minimum absolute atomic E-state index is 0.109. The van der Waals surface area contributed by atoms with Gasteiger partial charge in [0.05, 0.1) is 12.9 Å². The van der Waals surface area contributed by atoms with E-state index in [1.165, 1.54) is 5.56 Å². The average Bonchev–Trinajstić information content (AvgIpc) is 2.68. The highest BCUT2D eigenvalue weighted by Gasteiger charge is 2.12. The van der Waals surface area contributed by atoms with Gasteiger partial charge in [0.2, 0.25) is 0 Å². The third kappa shape index (κ3) is 5.71. The first-order chi connectivity index (χ1) is 8.03. The molecule has 17 heavy (non-hydrogen) atoms. The molecule has 1 heterocycles. The molecule has 0 radical (unpaired) electrons. The van der Waals surface area contributed by atoms with E-state index in [1.807, 2.05) is 12.1 Å². The fraction of sp³-hybridized carbons (Fsp3) is 0.571. The van der Waals surface area contributed by atoms with Crippen LogP contribution in [0.15, 0.2) is 29.4 Å². The molecule has 0 aliphatic rings. The predicted octanol–water partition coefficient (Wildman–Crippen LogP) is 3.26. The number of furan rings is 1. The molecule has 0 aliphatic carbocycles. The lowest BCUT2D eigenvalue weighted by atomic mass is 10.1. The Morgan fingerprint density at radius 3 is 2.88 bits per heavy atom. The van der Waals surface area contributed by atoms with Gasteiger partial charge in [-0.05, 0) is 33.3 Å². The van der Waals surface area contributed by atoms with Gasteiger partial charge in [-0.3, -0.25) is 0 Å². The molecule has 3 heteroatoms. The molecule has 0 aliphatic heterocycles. The van der Waals surface area contributed by atoms with Crippen LogP contribution in [0.5, 0.6) is 0 Å². The normalized spacial score (nSPS) is 11.7. The summed E-state index contributed by atoms with van der Waals surface area (Å²) < 4.78 is 10.9. The fourth-order valence-corrected chi connectivity index (χ4v) is 1.34. The van der Waals surface area contributed by atoms with Crippen molar-refractivity contribution in [2.75, 3.05) is 6.61 Å². The van der Waals surface area contributed by atoms with E-state index in [-0.39, 0.29) is 5.54 Å². The zero-order valence-corrected chi connectivity index (χ0v) is 11.1. The van der Waals surface area contributed by atoms with Crippen molar-refractivity contribution in [3.8, 4) is 0 Å². The highest BCUT2D eigenvalue weighted by molar-refractivity contribution is 5.16. The monoisotopic (exact) mass is 237 g/mol. The van der Waals surface area contributed by atoms with E-state index in [0.717, 1.165) is 18.7 Å². The van der Waals surface area contributed by atoms with Crippen molar-refractivity contribution in [1.82, 2.24) is 5.32 Å². The van der Waals surface area contributed by atoms with Crippen LogP contribution in [-0.2, 0) is 17.9 Å². The van der Waals surface area contributed by atoms with Crippen molar-refractivity contribution in [3.63, 3.8) is 0 Å². The Kier molecular flexibility index (Phi) is 5.45. The Balaban J connectivity index is 2.40. The largest absolute Gasteiger partial charge is 0.467 e. The van der Waals surface area contributed by atoms with Gasteiger partial charge < -0.3 is 14.5 Å². The van der Waals surface area contributed by atoms with Crippen LogP contribution < -0.4 is 5.32 Å². The van der Waals surface area contributed by atoms with Crippen molar-refractivity contribution in [3.05, 3.63) is 36.3 Å². The summed E-state index contributed by atoms with van der Waals surface area (Å²) in [5, 5.41) is 3.43. The molecule has 0 aromatic carbocycles. The van der Waals surface area contributed by atoms with Gasteiger partial charge in [-0.15, -0.1) is 6.58 Å². The van der Waals surface area contributed by atoms with E-state index < -0.39 is 0 Å². The minimum atomic E-state index is 0.109. The Bertz CT molecular complexity index is 336. The van der Waals surface area contributed by atoms with Crippen LogP contribution in [-0.4, -0.2) is 12.1 Å². The zero-order chi connectivity index (χ0) is 12.7. The molecular formula is C14H23NO2. The third-order valence-electron chi connectivity index (χ3n) is 2.35. The summed E-state index contributed by atoms with van der Waals surface area (Å²) in [5.41, 5.74) is 1.27. The smallest absolute Gasteiger partial charge is 0.133 e. The molecule has 0 spiro atoms. The zero-order valence-electron chi connectivity index (χ0n) is 11.1. The molecule has 0 saturated carbocycles. The molecule has 0 bridgehead atoms. The maximum Gasteiger partial charge on any atom is 0.133 e. The number of nitrogens with one attached hydrogen (secondary N) is 1. The van der Waals surface area contributed by atoms with Gasteiger partial charge in [-0.25, -0.2) is 0 Å². The molecule has 1 aromatic heterocycles. The molecule has 3 nitrogen and oxygen atoms in total. The van der Waals surface area contributed by atoms with Crippen LogP contribution in [0.1, 0.15) is 38.5 Å². The van der Waals surface area contributed by atoms with Gasteiger partial charge in [0.25, 0.3) is 0 Å². The van der Waals surface area contributed by atoms with Crippen LogP contribution >= 0.6 is 0 Å². The standard InChI is InChI=1S/C14H23NO2/c1-5-6-8-16-11-13-12(7-9-17-13)10-15-14(2,3)4/h5,7,9,15H,1,6,8,10-11H2,2-4H3. The van der Waals surface area contributed by atoms with Crippen molar-refractivity contribution >= 4 is 0 Å². The van der Waals surface area contributed by atoms with E-state index in [4.69, 9.17) is 9.15 Å². The van der Waals surface area contributed by atoms with Gasteiger partial charge in [-0.1, -0.05) is 6.08 Å². The number of rotatable bonds is 7. The Morgan fingerprint density at radius 2 is 2.24 bits per heavy atom. The van der Waals surface area contributed by atoms with Crippen LogP contribution in [0.25, 0.3) is 0 Å². The van der Waals surface area contributed by atoms with Crippen LogP contribution in [0.3, 0.4) is 0 Å². The molecular weight excluding hydrogens is 214 g/mol. The molecule has 0 amide bonds. The molecule has 1 rings (SSSR count). The molecule has 1 aromatic rings. The first-order valence-electron chi connectivity index (χ1n) is 6.02.